The van der Waals surface area contributed by atoms with Gasteiger partial charge in [-0.2, -0.15) is 0 Å². The van der Waals surface area contributed by atoms with Crippen LogP contribution in [0.15, 0.2) is 33.9 Å². The van der Waals surface area contributed by atoms with Gasteiger partial charge in [-0.15, -0.1) is 23.1 Å². The van der Waals surface area contributed by atoms with Crippen molar-refractivity contribution < 1.29 is 14.3 Å². The molecule has 1 aromatic carbocycles. The molecule has 0 fully saturated rings. The van der Waals surface area contributed by atoms with Gasteiger partial charge in [0.1, 0.15) is 10.8 Å². The first-order valence-corrected chi connectivity index (χ1v) is 11.5. The van der Waals surface area contributed by atoms with Crippen LogP contribution in [0.25, 0.3) is 10.6 Å². The number of nitrogens with two attached hydrogens (primary N) is 1. The number of amides is 2. The van der Waals surface area contributed by atoms with Crippen molar-refractivity contribution in [2.75, 3.05) is 17.7 Å². The molecule has 7 nitrogen and oxygen atoms in total. The number of benzene rings is 1. The van der Waals surface area contributed by atoms with Crippen LogP contribution in [0.1, 0.15) is 18.3 Å². The zero-order valence-corrected chi connectivity index (χ0v) is 18.4. The van der Waals surface area contributed by atoms with Gasteiger partial charge in [0.05, 0.1) is 34.4 Å². The van der Waals surface area contributed by atoms with Crippen molar-refractivity contribution in [3.63, 3.8) is 0 Å². The second-order valence-corrected chi connectivity index (χ2v) is 9.07. The van der Waals surface area contributed by atoms with Crippen molar-refractivity contribution in [3.8, 4) is 16.3 Å². The first kappa shape index (κ1) is 21.3. The Morgan fingerprint density at radius 2 is 2.00 bits per heavy atom. The lowest BCUT2D eigenvalue weighted by atomic mass is 10.2. The molecule has 2 aromatic heterocycles. The Bertz CT molecular complexity index is 999. The number of hydrogen-bond acceptors (Lipinski definition) is 8. The molecule has 0 saturated heterocycles. The third-order valence-electron chi connectivity index (χ3n) is 3.65. The molecule has 0 radical (unpaired) electrons. The van der Waals surface area contributed by atoms with E-state index in [4.69, 9.17) is 10.5 Å². The topological polar surface area (TPSA) is 107 Å². The van der Waals surface area contributed by atoms with Gasteiger partial charge >= 0.3 is 0 Å². The largest absolute Gasteiger partial charge is 0.494 e. The minimum absolute atomic E-state index is 0.163. The van der Waals surface area contributed by atoms with E-state index in [0.29, 0.717) is 17.4 Å². The molecule has 2 amide bonds. The third-order valence-corrected chi connectivity index (χ3v) is 7.05. The van der Waals surface area contributed by atoms with Crippen molar-refractivity contribution in [2.45, 2.75) is 24.5 Å². The summed E-state index contributed by atoms with van der Waals surface area (Å²) in [5.41, 5.74) is 7.62. The molecule has 3 N–H and O–H groups in total. The number of carbonyl (C=O) groups is 2. The molecule has 0 spiro atoms. The molecule has 2 heterocycles. The fourth-order valence-corrected chi connectivity index (χ4v) is 5.14. The Morgan fingerprint density at radius 1 is 1.24 bits per heavy atom. The van der Waals surface area contributed by atoms with E-state index in [1.54, 1.807) is 0 Å². The molecular weight excluding hydrogens is 428 g/mol. The van der Waals surface area contributed by atoms with Crippen LogP contribution in [0, 0.1) is 6.92 Å². The maximum Gasteiger partial charge on any atom is 0.232 e. The number of carbonyl (C=O) groups excluding carboxylic acids is 2. The van der Waals surface area contributed by atoms with E-state index in [0.717, 1.165) is 26.2 Å². The fourth-order valence-electron chi connectivity index (χ4n) is 2.42. The maximum atomic E-state index is 12.4. The average molecular weight is 449 g/mol. The van der Waals surface area contributed by atoms with Gasteiger partial charge in [-0.1, -0.05) is 11.3 Å². The van der Waals surface area contributed by atoms with Crippen molar-refractivity contribution >= 4 is 51.4 Å². The summed E-state index contributed by atoms with van der Waals surface area (Å²) in [6.45, 7) is 4.40. The standard InChI is InChI=1S/C19H20N4O3S3/c1-3-26-14-6-4-12(5-7-14)17-22-13(9-27-17)8-16(25)23-19-21-11(2)18(29-19)28-10-15(20)24/h4-7,9H,3,8,10H2,1-2H3,(H2,20,24)(H,21,23,25). The molecular formula is C19H20N4O3S3. The fraction of sp³-hybridized carbons (Fsp3) is 0.263. The highest BCUT2D eigenvalue weighted by Crippen LogP contribution is 2.32. The van der Waals surface area contributed by atoms with Crippen LogP contribution in [0.4, 0.5) is 5.13 Å². The molecule has 0 aliphatic carbocycles. The second kappa shape index (κ2) is 9.86. The predicted octanol–water partition coefficient (Wildman–Crippen LogP) is 3.73. The lowest BCUT2D eigenvalue weighted by Crippen LogP contribution is -2.14. The Labute approximate surface area is 180 Å². The zero-order valence-electron chi connectivity index (χ0n) is 15.9. The summed E-state index contributed by atoms with van der Waals surface area (Å²) < 4.78 is 6.32. The Hall–Kier alpha value is -2.43. The van der Waals surface area contributed by atoms with Crippen LogP contribution in [0.3, 0.4) is 0 Å². The number of ether oxygens (including phenoxy) is 1. The molecule has 29 heavy (non-hydrogen) atoms. The predicted molar refractivity (Wildman–Crippen MR) is 118 cm³/mol. The number of hydrogen-bond donors (Lipinski definition) is 2. The van der Waals surface area contributed by atoms with Gasteiger partial charge in [-0.25, -0.2) is 9.97 Å². The van der Waals surface area contributed by atoms with Gasteiger partial charge in [0.25, 0.3) is 0 Å². The van der Waals surface area contributed by atoms with Crippen molar-refractivity contribution in [1.82, 2.24) is 9.97 Å². The molecule has 0 unspecified atom stereocenters. The van der Waals surface area contributed by atoms with Crippen molar-refractivity contribution in [2.24, 2.45) is 5.73 Å². The van der Waals surface area contributed by atoms with Gasteiger partial charge in [0.15, 0.2) is 5.13 Å². The van der Waals surface area contributed by atoms with Gasteiger partial charge < -0.3 is 15.8 Å². The summed E-state index contributed by atoms with van der Waals surface area (Å²) in [6, 6.07) is 7.73. The van der Waals surface area contributed by atoms with Crippen LogP contribution >= 0.6 is 34.4 Å². The summed E-state index contributed by atoms with van der Waals surface area (Å²) in [7, 11) is 0. The highest BCUT2D eigenvalue weighted by molar-refractivity contribution is 8.01. The average Bonchev–Trinajstić information content (AvgIpc) is 3.27. The van der Waals surface area contributed by atoms with E-state index in [1.807, 2.05) is 43.5 Å². The highest BCUT2D eigenvalue weighted by atomic mass is 32.2. The third kappa shape index (κ3) is 6.02. The van der Waals surface area contributed by atoms with E-state index < -0.39 is 0 Å². The van der Waals surface area contributed by atoms with Gasteiger partial charge in [0.2, 0.25) is 11.8 Å². The van der Waals surface area contributed by atoms with Gasteiger partial charge in [-0.3, -0.25) is 9.59 Å². The quantitative estimate of drug-likeness (QED) is 0.483. The number of aryl methyl sites for hydroxylation is 1. The molecule has 0 aliphatic rings. The van der Waals surface area contributed by atoms with E-state index in [9.17, 15) is 9.59 Å². The van der Waals surface area contributed by atoms with Crippen LogP contribution in [-0.4, -0.2) is 34.1 Å². The molecule has 0 saturated carbocycles. The molecule has 0 aliphatic heterocycles. The highest BCUT2D eigenvalue weighted by Gasteiger charge is 2.14. The number of aromatic nitrogens is 2. The van der Waals surface area contributed by atoms with Gasteiger partial charge in [-0.05, 0) is 38.1 Å². The Kier molecular flexibility index (Phi) is 7.24. The number of anilines is 1. The Balaban J connectivity index is 1.59. The zero-order chi connectivity index (χ0) is 20.8. The van der Waals surface area contributed by atoms with Crippen LogP contribution in [0.5, 0.6) is 5.75 Å². The molecule has 0 atom stereocenters. The second-order valence-electron chi connectivity index (χ2n) is 5.97. The summed E-state index contributed by atoms with van der Waals surface area (Å²) >= 11 is 4.15. The number of nitrogens with one attached hydrogen (secondary N) is 1. The maximum absolute atomic E-state index is 12.4. The minimum atomic E-state index is -0.389. The summed E-state index contributed by atoms with van der Waals surface area (Å²) in [6.07, 6.45) is 0.163. The molecule has 10 heteroatoms. The number of rotatable bonds is 9. The van der Waals surface area contributed by atoms with Crippen molar-refractivity contribution in [1.29, 1.82) is 0 Å². The number of thioether (sulfide) groups is 1. The number of nitrogens with zero attached hydrogens (tertiary/aromatic N) is 2. The van der Waals surface area contributed by atoms with E-state index in [1.165, 1.54) is 34.4 Å². The smallest absolute Gasteiger partial charge is 0.232 e. The summed E-state index contributed by atoms with van der Waals surface area (Å²) in [4.78, 5) is 32.2. The molecule has 0 bridgehead atoms. The monoisotopic (exact) mass is 448 g/mol. The molecule has 3 aromatic rings. The van der Waals surface area contributed by atoms with Crippen LogP contribution in [-0.2, 0) is 16.0 Å². The van der Waals surface area contributed by atoms with Crippen LogP contribution in [0.2, 0.25) is 0 Å². The van der Waals surface area contributed by atoms with E-state index in [2.05, 4.69) is 15.3 Å². The van der Waals surface area contributed by atoms with Gasteiger partial charge in [0, 0.05) is 10.9 Å². The van der Waals surface area contributed by atoms with Crippen LogP contribution < -0.4 is 15.8 Å². The minimum Gasteiger partial charge on any atom is -0.494 e. The van der Waals surface area contributed by atoms with E-state index >= 15 is 0 Å². The summed E-state index contributed by atoms with van der Waals surface area (Å²) in [5, 5.41) is 6.03. The first-order valence-electron chi connectivity index (χ1n) is 8.80. The lowest BCUT2D eigenvalue weighted by Gasteiger charge is -2.03. The van der Waals surface area contributed by atoms with E-state index in [-0.39, 0.29) is 24.0 Å². The first-order chi connectivity index (χ1) is 13.9. The Morgan fingerprint density at radius 3 is 2.69 bits per heavy atom. The van der Waals surface area contributed by atoms with Crippen molar-refractivity contribution in [3.05, 3.63) is 41.0 Å². The normalized spacial score (nSPS) is 10.7. The SMILES string of the molecule is CCOc1ccc(-c2nc(CC(=O)Nc3nc(C)c(SCC(N)=O)s3)cs2)cc1. The number of thiazole rings is 2. The summed E-state index contributed by atoms with van der Waals surface area (Å²) in [5.74, 6) is 0.428. The molecule has 3 rings (SSSR count). The lowest BCUT2D eigenvalue weighted by molar-refractivity contribution is -0.116. The number of primary amides is 1. The molecule has 152 valence electrons.